The average Bonchev–Trinajstić information content (AvgIpc) is 2.82. The number of carbonyl (C=O) groups excluding carboxylic acids is 1. The van der Waals surface area contributed by atoms with Gasteiger partial charge in [-0.15, -0.1) is 10.2 Å². The molecule has 1 heterocycles. The lowest BCUT2D eigenvalue weighted by Crippen LogP contribution is -2.24. The Hall–Kier alpha value is -2.15. The van der Waals surface area contributed by atoms with E-state index in [9.17, 15) is 4.79 Å². The highest BCUT2D eigenvalue weighted by Crippen LogP contribution is 2.22. The van der Waals surface area contributed by atoms with Gasteiger partial charge in [0.1, 0.15) is 0 Å². The molecule has 1 aromatic heterocycles. The van der Waals surface area contributed by atoms with Crippen LogP contribution in [-0.4, -0.2) is 26.5 Å². The van der Waals surface area contributed by atoms with Crippen molar-refractivity contribution in [1.82, 2.24) is 25.9 Å². The van der Waals surface area contributed by atoms with Crippen LogP contribution in [0.25, 0.3) is 0 Å². The summed E-state index contributed by atoms with van der Waals surface area (Å²) in [5, 5.41) is 16.0. The Kier molecular flexibility index (Phi) is 3.20. The number of nitrogens with two attached hydrogens (primary N) is 1. The molecule has 0 atom stereocenters. The SMILES string of the molecule is Nc1c(Cl)cccc1C(=O)NCc1nn[nH]n1. The van der Waals surface area contributed by atoms with Crippen molar-refractivity contribution >= 4 is 23.2 Å². The first-order valence-corrected chi connectivity index (χ1v) is 5.11. The van der Waals surface area contributed by atoms with Gasteiger partial charge in [-0.2, -0.15) is 5.21 Å². The summed E-state index contributed by atoms with van der Waals surface area (Å²) >= 11 is 5.81. The van der Waals surface area contributed by atoms with Gasteiger partial charge >= 0.3 is 0 Å². The topological polar surface area (TPSA) is 110 Å². The van der Waals surface area contributed by atoms with E-state index in [1.54, 1.807) is 18.2 Å². The minimum Gasteiger partial charge on any atom is -0.397 e. The molecule has 0 radical (unpaired) electrons. The first-order chi connectivity index (χ1) is 8.18. The molecule has 0 spiro atoms. The van der Waals surface area contributed by atoms with Gasteiger partial charge in [-0.05, 0) is 12.1 Å². The molecule has 17 heavy (non-hydrogen) atoms. The van der Waals surface area contributed by atoms with Crippen molar-refractivity contribution < 1.29 is 4.79 Å². The van der Waals surface area contributed by atoms with E-state index in [0.717, 1.165) is 0 Å². The Bertz CT molecular complexity index is 526. The molecule has 0 saturated carbocycles. The third kappa shape index (κ3) is 2.51. The van der Waals surface area contributed by atoms with Crippen molar-refractivity contribution in [2.45, 2.75) is 6.54 Å². The Morgan fingerprint density at radius 2 is 2.35 bits per heavy atom. The van der Waals surface area contributed by atoms with Crippen LogP contribution in [-0.2, 0) is 6.54 Å². The summed E-state index contributed by atoms with van der Waals surface area (Å²) < 4.78 is 0. The number of H-pyrrole nitrogens is 1. The predicted octanol–water partition coefficient (Wildman–Crippen LogP) is 0.365. The van der Waals surface area contributed by atoms with Gasteiger partial charge in [-0.25, -0.2) is 0 Å². The summed E-state index contributed by atoms with van der Waals surface area (Å²) in [6, 6.07) is 4.86. The van der Waals surface area contributed by atoms with Crippen LogP contribution in [0.2, 0.25) is 5.02 Å². The lowest BCUT2D eigenvalue weighted by molar-refractivity contribution is 0.0951. The Morgan fingerprint density at radius 1 is 1.53 bits per heavy atom. The van der Waals surface area contributed by atoms with E-state index in [1.807, 2.05) is 0 Å². The number of tetrazole rings is 1. The second kappa shape index (κ2) is 4.79. The molecule has 1 amide bonds. The summed E-state index contributed by atoms with van der Waals surface area (Å²) in [5.74, 6) is 0.0498. The fourth-order valence-corrected chi connectivity index (χ4v) is 1.42. The summed E-state index contributed by atoms with van der Waals surface area (Å²) in [4.78, 5) is 11.8. The van der Waals surface area contributed by atoms with Crippen LogP contribution in [0.5, 0.6) is 0 Å². The number of hydrogen-bond donors (Lipinski definition) is 3. The Morgan fingerprint density at radius 3 is 3.06 bits per heavy atom. The van der Waals surface area contributed by atoms with Crippen LogP contribution in [0.1, 0.15) is 16.2 Å². The number of hydrogen-bond acceptors (Lipinski definition) is 5. The van der Waals surface area contributed by atoms with E-state index in [4.69, 9.17) is 17.3 Å². The molecule has 88 valence electrons. The third-order valence-corrected chi connectivity index (χ3v) is 2.42. The summed E-state index contributed by atoms with van der Waals surface area (Å²) in [7, 11) is 0. The van der Waals surface area contributed by atoms with Gasteiger partial charge in [0, 0.05) is 0 Å². The van der Waals surface area contributed by atoms with Gasteiger partial charge in [0.25, 0.3) is 5.91 Å². The number of aromatic nitrogens is 4. The fraction of sp³-hybridized carbons (Fsp3) is 0.111. The molecule has 2 aromatic rings. The molecule has 0 aliphatic carbocycles. The normalized spacial score (nSPS) is 10.2. The molecule has 0 aliphatic heterocycles. The lowest BCUT2D eigenvalue weighted by Gasteiger charge is -2.06. The van der Waals surface area contributed by atoms with E-state index in [0.29, 0.717) is 16.4 Å². The van der Waals surface area contributed by atoms with Gasteiger partial charge in [0.2, 0.25) is 0 Å². The van der Waals surface area contributed by atoms with E-state index in [2.05, 4.69) is 25.9 Å². The van der Waals surface area contributed by atoms with Crippen molar-refractivity contribution in [2.24, 2.45) is 0 Å². The maximum absolute atomic E-state index is 11.8. The van der Waals surface area contributed by atoms with Gasteiger partial charge in [-0.3, -0.25) is 4.79 Å². The number of para-hydroxylation sites is 1. The van der Waals surface area contributed by atoms with Crippen LogP contribution in [0.4, 0.5) is 5.69 Å². The van der Waals surface area contributed by atoms with E-state index in [-0.39, 0.29) is 18.1 Å². The zero-order chi connectivity index (χ0) is 12.3. The Balaban J connectivity index is 2.07. The molecule has 1 aromatic carbocycles. The molecule has 0 aliphatic rings. The van der Waals surface area contributed by atoms with Crippen molar-refractivity contribution in [3.8, 4) is 0 Å². The van der Waals surface area contributed by atoms with Crippen LogP contribution < -0.4 is 11.1 Å². The van der Waals surface area contributed by atoms with Crippen LogP contribution >= 0.6 is 11.6 Å². The second-order valence-corrected chi connectivity index (χ2v) is 3.62. The van der Waals surface area contributed by atoms with E-state index < -0.39 is 0 Å². The van der Waals surface area contributed by atoms with E-state index >= 15 is 0 Å². The molecule has 0 unspecified atom stereocenters. The Labute approximate surface area is 101 Å². The van der Waals surface area contributed by atoms with Crippen LogP contribution in [0.3, 0.4) is 0 Å². The molecule has 0 bridgehead atoms. The fourth-order valence-electron chi connectivity index (χ4n) is 1.25. The van der Waals surface area contributed by atoms with Gasteiger partial charge < -0.3 is 11.1 Å². The highest BCUT2D eigenvalue weighted by atomic mass is 35.5. The van der Waals surface area contributed by atoms with Crippen LogP contribution in [0.15, 0.2) is 18.2 Å². The minimum absolute atomic E-state index is 0.168. The molecule has 2 rings (SSSR count). The largest absolute Gasteiger partial charge is 0.397 e. The number of benzene rings is 1. The summed E-state index contributed by atoms with van der Waals surface area (Å²) in [5.41, 5.74) is 6.26. The molecular weight excluding hydrogens is 244 g/mol. The zero-order valence-corrected chi connectivity index (χ0v) is 9.40. The third-order valence-electron chi connectivity index (χ3n) is 2.09. The number of nitrogen functional groups attached to an aromatic ring is 1. The standard InChI is InChI=1S/C9H9ClN6O/c10-6-3-1-2-5(8(6)11)9(17)12-4-7-13-15-16-14-7/h1-3H,4,11H2,(H,12,17)(H,13,14,15,16). The number of amides is 1. The molecule has 8 heteroatoms. The van der Waals surface area contributed by atoms with E-state index in [1.165, 1.54) is 0 Å². The maximum Gasteiger partial charge on any atom is 0.253 e. The predicted molar refractivity (Wildman–Crippen MR) is 61.2 cm³/mol. The van der Waals surface area contributed by atoms with Gasteiger partial charge in [-0.1, -0.05) is 22.9 Å². The van der Waals surface area contributed by atoms with Crippen molar-refractivity contribution in [3.05, 3.63) is 34.6 Å². The van der Waals surface area contributed by atoms with Crippen LogP contribution in [0, 0.1) is 0 Å². The smallest absolute Gasteiger partial charge is 0.253 e. The summed E-state index contributed by atoms with van der Waals surface area (Å²) in [6.45, 7) is 0.168. The highest BCUT2D eigenvalue weighted by Gasteiger charge is 2.11. The number of halogens is 1. The molecule has 7 nitrogen and oxygen atoms in total. The number of carbonyl (C=O) groups is 1. The van der Waals surface area contributed by atoms with Crippen molar-refractivity contribution in [3.63, 3.8) is 0 Å². The minimum atomic E-state index is -0.338. The van der Waals surface area contributed by atoms with Crippen molar-refractivity contribution in [1.29, 1.82) is 0 Å². The first kappa shape index (κ1) is 11.3. The number of rotatable bonds is 3. The highest BCUT2D eigenvalue weighted by molar-refractivity contribution is 6.33. The number of nitrogens with one attached hydrogen (secondary N) is 2. The zero-order valence-electron chi connectivity index (χ0n) is 8.64. The molecule has 0 fully saturated rings. The molecular formula is C9H9ClN6O. The number of anilines is 1. The lowest BCUT2D eigenvalue weighted by atomic mass is 10.1. The quantitative estimate of drug-likeness (QED) is 0.684. The maximum atomic E-state index is 11.8. The average molecular weight is 253 g/mol. The number of aromatic amines is 1. The molecule has 4 N–H and O–H groups in total. The second-order valence-electron chi connectivity index (χ2n) is 3.21. The number of nitrogens with zero attached hydrogens (tertiary/aromatic N) is 3. The van der Waals surface area contributed by atoms with Crippen molar-refractivity contribution in [2.75, 3.05) is 5.73 Å². The van der Waals surface area contributed by atoms with Gasteiger partial charge in [0.15, 0.2) is 5.82 Å². The first-order valence-electron chi connectivity index (χ1n) is 4.73. The summed E-state index contributed by atoms with van der Waals surface area (Å²) in [6.07, 6.45) is 0. The molecule has 0 saturated heterocycles. The van der Waals surface area contributed by atoms with Gasteiger partial charge in [0.05, 0.1) is 22.8 Å². The monoisotopic (exact) mass is 252 g/mol.